The third-order valence-corrected chi connectivity index (χ3v) is 6.06. The van der Waals surface area contributed by atoms with Crippen LogP contribution in [0.25, 0.3) is 33.4 Å². The van der Waals surface area contributed by atoms with Crippen LogP contribution in [0.5, 0.6) is 5.88 Å². The molecule has 0 bridgehead atoms. The second-order valence-electron chi connectivity index (χ2n) is 8.15. The Morgan fingerprint density at radius 3 is 2.44 bits per heavy atom. The van der Waals surface area contributed by atoms with Crippen LogP contribution in [-0.2, 0) is 9.47 Å². The van der Waals surface area contributed by atoms with Gasteiger partial charge in [-0.05, 0) is 11.1 Å². The first-order valence-electron chi connectivity index (χ1n) is 10.6. The maximum absolute atomic E-state index is 14.9. The highest BCUT2D eigenvalue weighted by molar-refractivity contribution is 5.81. The van der Waals surface area contributed by atoms with Gasteiger partial charge in [-0.1, -0.05) is 54.6 Å². The summed E-state index contributed by atoms with van der Waals surface area (Å²) in [4.78, 5) is 7.60. The van der Waals surface area contributed by atoms with Gasteiger partial charge in [0, 0.05) is 17.7 Å². The highest BCUT2D eigenvalue weighted by atomic mass is 19.1. The van der Waals surface area contributed by atoms with Crippen molar-refractivity contribution >= 4 is 11.0 Å². The van der Waals surface area contributed by atoms with Crippen molar-refractivity contribution in [2.75, 3.05) is 13.2 Å². The van der Waals surface area contributed by atoms with Gasteiger partial charge in [0.05, 0.1) is 24.2 Å². The summed E-state index contributed by atoms with van der Waals surface area (Å²) in [6, 6.07) is 20.9. The Bertz CT molecular complexity index is 1260. The van der Waals surface area contributed by atoms with Gasteiger partial charge in [-0.2, -0.15) is 0 Å². The third-order valence-electron chi connectivity index (χ3n) is 6.06. The fourth-order valence-electron chi connectivity index (χ4n) is 4.43. The second-order valence-corrected chi connectivity index (χ2v) is 8.15. The Morgan fingerprint density at radius 2 is 1.62 bits per heavy atom. The summed E-state index contributed by atoms with van der Waals surface area (Å²) in [6.07, 6.45) is -1.67. The second kappa shape index (κ2) is 7.70. The van der Waals surface area contributed by atoms with Crippen molar-refractivity contribution in [2.24, 2.45) is 0 Å². The lowest BCUT2D eigenvalue weighted by Crippen LogP contribution is -2.34. The molecule has 0 amide bonds. The van der Waals surface area contributed by atoms with Gasteiger partial charge >= 0.3 is 0 Å². The topological polar surface area (TPSA) is 76.6 Å². The van der Waals surface area contributed by atoms with E-state index >= 15 is 0 Å². The summed E-state index contributed by atoms with van der Waals surface area (Å²) >= 11 is 0. The van der Waals surface area contributed by atoms with Gasteiger partial charge in [-0.15, -0.1) is 0 Å². The number of aromatic nitrogens is 2. The predicted octanol–water partition coefficient (Wildman–Crippen LogP) is 3.94. The van der Waals surface area contributed by atoms with Gasteiger partial charge in [-0.3, -0.25) is 0 Å². The minimum absolute atomic E-state index is 0.237. The molecule has 0 radical (unpaired) electrons. The van der Waals surface area contributed by atoms with Gasteiger partial charge in [0.2, 0.25) is 0 Å². The molecule has 2 aromatic heterocycles. The van der Waals surface area contributed by atoms with E-state index in [0.29, 0.717) is 29.1 Å². The quantitative estimate of drug-likeness (QED) is 0.511. The lowest BCUT2D eigenvalue weighted by molar-refractivity contribution is 0.00794. The number of nitrogens with one attached hydrogen (secondary N) is 1. The maximum atomic E-state index is 14.9. The molecule has 2 aliphatic heterocycles. The highest BCUT2D eigenvalue weighted by Crippen LogP contribution is 2.32. The molecule has 32 heavy (non-hydrogen) atoms. The minimum atomic E-state index is -0.636. The van der Waals surface area contributed by atoms with Crippen molar-refractivity contribution < 1.29 is 23.7 Å². The number of nitrogens with zero attached hydrogens (tertiary/aromatic N) is 1. The molecule has 6 nitrogen and oxygen atoms in total. The number of fused-ring (bicyclic) bond motifs is 2. The van der Waals surface area contributed by atoms with E-state index < -0.39 is 11.9 Å². The number of halogens is 1. The van der Waals surface area contributed by atoms with Crippen LogP contribution in [0.3, 0.4) is 0 Å². The smallest absolute Gasteiger partial charge is 0.193 e. The van der Waals surface area contributed by atoms with Crippen LogP contribution >= 0.6 is 0 Å². The first-order chi connectivity index (χ1) is 15.7. The van der Waals surface area contributed by atoms with Crippen LogP contribution in [0.1, 0.15) is 0 Å². The average Bonchev–Trinajstić information content (AvgIpc) is 3.51. The van der Waals surface area contributed by atoms with Crippen molar-refractivity contribution in [3.8, 4) is 28.3 Å². The summed E-state index contributed by atoms with van der Waals surface area (Å²) < 4.78 is 32.1. The van der Waals surface area contributed by atoms with Gasteiger partial charge in [0.25, 0.3) is 0 Å². The third kappa shape index (κ3) is 3.35. The van der Waals surface area contributed by atoms with E-state index in [4.69, 9.17) is 14.2 Å². The van der Waals surface area contributed by atoms with E-state index in [0.717, 1.165) is 11.1 Å². The molecule has 4 atom stereocenters. The molecule has 0 saturated carbocycles. The molecule has 2 N–H and O–H groups in total. The zero-order chi connectivity index (χ0) is 21.7. The first kappa shape index (κ1) is 19.4. The number of ether oxygens (including phenoxy) is 3. The molecule has 2 saturated heterocycles. The van der Waals surface area contributed by atoms with Crippen LogP contribution in [0.2, 0.25) is 0 Å². The summed E-state index contributed by atoms with van der Waals surface area (Å²) in [5.74, 6) is 0.0487. The fourth-order valence-corrected chi connectivity index (χ4v) is 4.43. The Kier molecular flexibility index (Phi) is 4.68. The highest BCUT2D eigenvalue weighted by Gasteiger charge is 2.48. The molecular formula is C25H21FN2O4. The molecule has 4 heterocycles. The number of hydrogen-bond donors (Lipinski definition) is 2. The van der Waals surface area contributed by atoms with E-state index in [2.05, 4.69) is 9.97 Å². The summed E-state index contributed by atoms with van der Waals surface area (Å²) in [7, 11) is 0. The monoisotopic (exact) mass is 432 g/mol. The predicted molar refractivity (Wildman–Crippen MR) is 117 cm³/mol. The van der Waals surface area contributed by atoms with Crippen molar-refractivity contribution in [3.05, 3.63) is 72.5 Å². The van der Waals surface area contributed by atoms with Crippen molar-refractivity contribution in [2.45, 2.75) is 24.4 Å². The van der Waals surface area contributed by atoms with Gasteiger partial charge in [0.15, 0.2) is 17.8 Å². The maximum Gasteiger partial charge on any atom is 0.193 e. The van der Waals surface area contributed by atoms with Crippen LogP contribution < -0.4 is 4.74 Å². The number of pyridine rings is 1. The molecule has 2 fully saturated rings. The van der Waals surface area contributed by atoms with Gasteiger partial charge in [-0.25, -0.2) is 9.37 Å². The average molecular weight is 432 g/mol. The van der Waals surface area contributed by atoms with E-state index in [-0.39, 0.29) is 30.6 Å². The molecule has 6 rings (SSSR count). The molecule has 2 aliphatic rings. The SMILES string of the molecule is OC1CO[C@@H]2C(Oc3cc4nc(-c5ccc(-c6ccccc6)cc5)c(F)cc4[nH]3)CO[C@H]12. The molecule has 7 heteroatoms. The van der Waals surface area contributed by atoms with Crippen molar-refractivity contribution in [1.29, 1.82) is 0 Å². The molecule has 4 aromatic rings. The van der Waals surface area contributed by atoms with E-state index in [1.165, 1.54) is 6.07 Å². The molecule has 2 unspecified atom stereocenters. The lowest BCUT2D eigenvalue weighted by Gasteiger charge is -2.16. The Hall–Kier alpha value is -3.26. The van der Waals surface area contributed by atoms with E-state index in [9.17, 15) is 9.50 Å². The number of H-pyrrole nitrogens is 1. The Labute approximate surface area is 183 Å². The summed E-state index contributed by atoms with van der Waals surface area (Å²) in [6.45, 7) is 0.559. The number of aliphatic hydroxyl groups is 1. The molecular weight excluding hydrogens is 411 g/mol. The van der Waals surface area contributed by atoms with E-state index in [1.807, 2.05) is 54.6 Å². The number of aromatic amines is 1. The Morgan fingerprint density at radius 1 is 0.906 bits per heavy atom. The number of benzene rings is 2. The van der Waals surface area contributed by atoms with Gasteiger partial charge in [0.1, 0.15) is 24.0 Å². The standard InChI is InChI=1S/C25H21FN2O4/c26-17-10-18-19(11-22(27-18)32-21-13-31-24-20(29)12-30-25(21)24)28-23(17)16-8-6-15(7-9-16)14-4-2-1-3-5-14/h1-11,20-21,24-25,27,29H,12-13H2/t20?,21?,24-,25-/m1/s1. The van der Waals surface area contributed by atoms with Gasteiger partial charge < -0.3 is 24.3 Å². The van der Waals surface area contributed by atoms with Crippen LogP contribution in [0, 0.1) is 5.82 Å². The summed E-state index contributed by atoms with van der Waals surface area (Å²) in [5, 5.41) is 9.88. The molecule has 0 aliphatic carbocycles. The zero-order valence-electron chi connectivity index (χ0n) is 17.1. The number of aliphatic hydroxyl groups excluding tert-OH is 1. The van der Waals surface area contributed by atoms with Crippen LogP contribution in [0.4, 0.5) is 4.39 Å². The summed E-state index contributed by atoms with van der Waals surface area (Å²) in [5.41, 5.74) is 4.30. The Balaban J connectivity index is 1.26. The van der Waals surface area contributed by atoms with Crippen molar-refractivity contribution in [3.63, 3.8) is 0 Å². The molecule has 0 spiro atoms. The first-order valence-corrected chi connectivity index (χ1v) is 10.6. The largest absolute Gasteiger partial charge is 0.470 e. The lowest BCUT2D eigenvalue weighted by atomic mass is 10.0. The van der Waals surface area contributed by atoms with Crippen molar-refractivity contribution in [1.82, 2.24) is 9.97 Å². The van der Waals surface area contributed by atoms with Crippen LogP contribution in [-0.4, -0.2) is 52.7 Å². The minimum Gasteiger partial charge on any atom is -0.470 e. The normalized spacial score (nSPS) is 24.7. The molecule has 2 aromatic carbocycles. The fraction of sp³-hybridized carbons (Fsp3) is 0.240. The molecule has 162 valence electrons. The number of rotatable bonds is 4. The zero-order valence-corrected chi connectivity index (χ0v) is 17.1. The van der Waals surface area contributed by atoms with E-state index in [1.54, 1.807) is 6.07 Å². The van der Waals surface area contributed by atoms with Crippen LogP contribution in [0.15, 0.2) is 66.7 Å². The number of hydrogen-bond acceptors (Lipinski definition) is 5.